The van der Waals surface area contributed by atoms with E-state index in [9.17, 15) is 13.2 Å². The van der Waals surface area contributed by atoms with Crippen LogP contribution in [0.5, 0.6) is 0 Å². The number of rotatable bonds is 5. The molecule has 128 valence electrons. The van der Waals surface area contributed by atoms with Crippen LogP contribution in [0.25, 0.3) is 0 Å². The Morgan fingerprint density at radius 1 is 1.04 bits per heavy atom. The Morgan fingerprint density at radius 3 is 2.21 bits per heavy atom. The molecule has 0 amide bonds. The van der Waals surface area contributed by atoms with Crippen LogP contribution < -0.4 is 4.31 Å². The van der Waals surface area contributed by atoms with Crippen molar-refractivity contribution in [3.63, 3.8) is 0 Å². The Labute approximate surface area is 154 Å². The minimum absolute atomic E-state index is 0.0897. The third-order valence-corrected chi connectivity index (χ3v) is 5.85. The van der Waals surface area contributed by atoms with E-state index in [0.29, 0.717) is 5.02 Å². The molecule has 0 aliphatic rings. The van der Waals surface area contributed by atoms with Crippen molar-refractivity contribution in [2.75, 3.05) is 18.0 Å². The van der Waals surface area contributed by atoms with Crippen LogP contribution in [0.2, 0.25) is 15.1 Å². The number of carbonyl (C=O) groups excluding carboxylic acids is 1. The smallest absolute Gasteiger partial charge is 0.326 e. The fourth-order valence-corrected chi connectivity index (χ4v) is 3.79. The first-order chi connectivity index (χ1) is 11.3. The Balaban J connectivity index is 2.53. The highest BCUT2D eigenvalue weighted by atomic mass is 35.5. The zero-order valence-electron chi connectivity index (χ0n) is 12.4. The molecule has 0 aromatic heterocycles. The molecule has 0 saturated carbocycles. The number of methoxy groups -OCH3 is 1. The van der Waals surface area contributed by atoms with Gasteiger partial charge in [0.05, 0.1) is 27.7 Å². The molecule has 5 nitrogen and oxygen atoms in total. The van der Waals surface area contributed by atoms with Gasteiger partial charge >= 0.3 is 5.97 Å². The lowest BCUT2D eigenvalue weighted by molar-refractivity contribution is -0.138. The largest absolute Gasteiger partial charge is 0.468 e. The first-order valence-electron chi connectivity index (χ1n) is 6.56. The van der Waals surface area contributed by atoms with Crippen LogP contribution in [0.15, 0.2) is 47.4 Å². The van der Waals surface area contributed by atoms with Crippen molar-refractivity contribution in [1.29, 1.82) is 0 Å². The Hall–Kier alpha value is -1.47. The summed E-state index contributed by atoms with van der Waals surface area (Å²) in [6, 6.07) is 9.91. The van der Waals surface area contributed by atoms with Gasteiger partial charge in [-0.3, -0.25) is 9.10 Å². The third-order valence-electron chi connectivity index (χ3n) is 3.09. The molecule has 0 unspecified atom stereocenters. The van der Waals surface area contributed by atoms with E-state index in [2.05, 4.69) is 4.74 Å². The monoisotopic (exact) mass is 407 g/mol. The minimum atomic E-state index is -4.07. The standard InChI is InChI=1S/C15H12Cl3NO4S/c1-23-15(20)9-19(11-4-2-10(16)3-5-11)24(21,22)12-6-7-13(17)14(18)8-12/h2-8H,9H2,1H3. The van der Waals surface area contributed by atoms with Gasteiger partial charge in [0.15, 0.2) is 0 Å². The van der Waals surface area contributed by atoms with Gasteiger partial charge < -0.3 is 4.74 Å². The summed E-state index contributed by atoms with van der Waals surface area (Å²) in [5.41, 5.74) is 0.260. The molecule has 2 aromatic rings. The first-order valence-corrected chi connectivity index (χ1v) is 9.13. The average Bonchev–Trinajstić information content (AvgIpc) is 2.55. The Bertz CT molecular complexity index is 854. The van der Waals surface area contributed by atoms with E-state index in [-0.39, 0.29) is 20.6 Å². The lowest BCUT2D eigenvalue weighted by atomic mass is 10.3. The van der Waals surface area contributed by atoms with Crippen molar-refractivity contribution < 1.29 is 17.9 Å². The normalized spacial score (nSPS) is 11.2. The summed E-state index contributed by atoms with van der Waals surface area (Å²) in [6.45, 7) is -0.499. The number of nitrogens with zero attached hydrogens (tertiary/aromatic N) is 1. The number of hydrogen-bond donors (Lipinski definition) is 0. The molecule has 0 aliphatic carbocycles. The molecule has 0 bridgehead atoms. The van der Waals surface area contributed by atoms with Crippen LogP contribution in [0.4, 0.5) is 5.69 Å². The zero-order valence-corrected chi connectivity index (χ0v) is 15.5. The summed E-state index contributed by atoms with van der Waals surface area (Å²) >= 11 is 17.5. The molecule has 0 aliphatic heterocycles. The van der Waals surface area contributed by atoms with Crippen molar-refractivity contribution in [2.24, 2.45) is 0 Å². The molecule has 2 aromatic carbocycles. The van der Waals surface area contributed by atoms with Crippen LogP contribution in [-0.2, 0) is 19.6 Å². The number of halogens is 3. The maximum Gasteiger partial charge on any atom is 0.326 e. The van der Waals surface area contributed by atoms with Crippen molar-refractivity contribution >= 4 is 56.5 Å². The Kier molecular flexibility index (Phi) is 5.98. The predicted octanol–water partition coefficient (Wildman–Crippen LogP) is 4.02. The minimum Gasteiger partial charge on any atom is -0.468 e. The fourth-order valence-electron chi connectivity index (χ4n) is 1.87. The van der Waals surface area contributed by atoms with Crippen LogP contribution in [0.1, 0.15) is 0 Å². The number of carbonyl (C=O) groups is 1. The van der Waals surface area contributed by atoms with Gasteiger partial charge in [-0.05, 0) is 42.5 Å². The van der Waals surface area contributed by atoms with Crippen molar-refractivity contribution in [2.45, 2.75) is 4.90 Å². The molecule has 0 radical (unpaired) electrons. The highest BCUT2D eigenvalue weighted by Crippen LogP contribution is 2.29. The molecule has 0 saturated heterocycles. The van der Waals surface area contributed by atoms with E-state index >= 15 is 0 Å². The van der Waals surface area contributed by atoms with E-state index in [1.165, 1.54) is 49.6 Å². The SMILES string of the molecule is COC(=O)CN(c1ccc(Cl)cc1)S(=O)(=O)c1ccc(Cl)c(Cl)c1. The third kappa shape index (κ3) is 4.13. The topological polar surface area (TPSA) is 63.7 Å². The molecule has 0 heterocycles. The second-order valence-electron chi connectivity index (χ2n) is 4.64. The highest BCUT2D eigenvalue weighted by molar-refractivity contribution is 7.92. The number of esters is 1. The maximum absolute atomic E-state index is 12.9. The molecule has 9 heteroatoms. The molecular formula is C15H12Cl3NO4S. The summed E-state index contributed by atoms with van der Waals surface area (Å²) in [5.74, 6) is -0.714. The van der Waals surface area contributed by atoms with Crippen LogP contribution in [-0.4, -0.2) is 28.0 Å². The van der Waals surface area contributed by atoms with E-state index in [1.54, 1.807) is 0 Å². The second-order valence-corrected chi connectivity index (χ2v) is 7.75. The van der Waals surface area contributed by atoms with Gasteiger partial charge in [0, 0.05) is 5.02 Å². The molecule has 24 heavy (non-hydrogen) atoms. The van der Waals surface area contributed by atoms with Gasteiger partial charge in [0.2, 0.25) is 0 Å². The van der Waals surface area contributed by atoms with E-state index in [4.69, 9.17) is 34.8 Å². The van der Waals surface area contributed by atoms with Crippen molar-refractivity contribution in [3.8, 4) is 0 Å². The summed E-state index contributed by atoms with van der Waals surface area (Å²) in [7, 11) is -2.89. The zero-order chi connectivity index (χ0) is 17.9. The lowest BCUT2D eigenvalue weighted by Crippen LogP contribution is -2.36. The van der Waals surface area contributed by atoms with Gasteiger partial charge in [-0.1, -0.05) is 34.8 Å². The summed E-state index contributed by atoms with van der Waals surface area (Å²) in [5, 5.41) is 0.747. The summed E-state index contributed by atoms with van der Waals surface area (Å²) < 4.78 is 31.3. The molecule has 0 fully saturated rings. The lowest BCUT2D eigenvalue weighted by Gasteiger charge is -2.23. The van der Waals surface area contributed by atoms with Gasteiger partial charge in [-0.15, -0.1) is 0 Å². The van der Waals surface area contributed by atoms with Crippen LogP contribution >= 0.6 is 34.8 Å². The molecule has 0 spiro atoms. The summed E-state index contributed by atoms with van der Waals surface area (Å²) in [4.78, 5) is 11.6. The number of ether oxygens (including phenoxy) is 1. The first kappa shape index (κ1) is 18.9. The predicted molar refractivity (Wildman–Crippen MR) is 94.5 cm³/mol. The van der Waals surface area contributed by atoms with Crippen molar-refractivity contribution in [1.82, 2.24) is 0 Å². The quantitative estimate of drug-likeness (QED) is 0.701. The summed E-state index contributed by atoms with van der Waals surface area (Å²) in [6.07, 6.45) is 0. The molecule has 2 rings (SSSR count). The average molecular weight is 409 g/mol. The highest BCUT2D eigenvalue weighted by Gasteiger charge is 2.28. The fraction of sp³-hybridized carbons (Fsp3) is 0.133. The number of hydrogen-bond acceptors (Lipinski definition) is 4. The van der Waals surface area contributed by atoms with Crippen LogP contribution in [0.3, 0.4) is 0 Å². The van der Waals surface area contributed by atoms with Gasteiger partial charge in [0.1, 0.15) is 6.54 Å². The van der Waals surface area contributed by atoms with Gasteiger partial charge in [-0.25, -0.2) is 8.42 Å². The van der Waals surface area contributed by atoms with E-state index < -0.39 is 22.5 Å². The number of anilines is 1. The van der Waals surface area contributed by atoms with Gasteiger partial charge in [0.25, 0.3) is 10.0 Å². The van der Waals surface area contributed by atoms with Crippen molar-refractivity contribution in [3.05, 3.63) is 57.5 Å². The molecule has 0 N–H and O–H groups in total. The second kappa shape index (κ2) is 7.61. The van der Waals surface area contributed by atoms with Gasteiger partial charge in [-0.2, -0.15) is 0 Å². The van der Waals surface area contributed by atoms with E-state index in [1.807, 2.05) is 0 Å². The molecule has 0 atom stereocenters. The van der Waals surface area contributed by atoms with Crippen LogP contribution in [0, 0.1) is 0 Å². The Morgan fingerprint density at radius 2 is 1.67 bits per heavy atom. The number of benzene rings is 2. The maximum atomic E-state index is 12.9. The molecular weight excluding hydrogens is 397 g/mol. The van der Waals surface area contributed by atoms with E-state index in [0.717, 1.165) is 4.31 Å². The number of sulfonamides is 1.